The standard InChI is InChI=1S/C7H10O2/c1-9-7-4-2-3-6(8)5-7/h3,5,8H,2,4H2,1H3. The molecule has 0 spiro atoms. The van der Waals surface area contributed by atoms with Gasteiger partial charge in [0, 0.05) is 12.5 Å². The van der Waals surface area contributed by atoms with Gasteiger partial charge in [-0.3, -0.25) is 0 Å². The third-order valence-electron chi connectivity index (χ3n) is 1.32. The Morgan fingerprint density at radius 2 is 2.44 bits per heavy atom. The van der Waals surface area contributed by atoms with Crippen molar-refractivity contribution in [2.75, 3.05) is 7.11 Å². The molecule has 0 saturated carbocycles. The Morgan fingerprint density at radius 3 is 2.89 bits per heavy atom. The second-order valence-electron chi connectivity index (χ2n) is 1.98. The van der Waals surface area contributed by atoms with Crippen LogP contribution in [0.15, 0.2) is 23.7 Å². The zero-order valence-corrected chi connectivity index (χ0v) is 5.42. The van der Waals surface area contributed by atoms with E-state index in [1.807, 2.05) is 0 Å². The van der Waals surface area contributed by atoms with Gasteiger partial charge in [-0.1, -0.05) is 0 Å². The number of methoxy groups -OCH3 is 1. The van der Waals surface area contributed by atoms with Crippen LogP contribution in [0.5, 0.6) is 0 Å². The summed E-state index contributed by atoms with van der Waals surface area (Å²) < 4.78 is 4.92. The fourth-order valence-electron chi connectivity index (χ4n) is 0.819. The molecule has 1 rings (SSSR count). The molecule has 0 radical (unpaired) electrons. The lowest BCUT2D eigenvalue weighted by molar-refractivity contribution is 0.270. The molecule has 0 atom stereocenters. The van der Waals surface area contributed by atoms with E-state index in [0.717, 1.165) is 18.6 Å². The third kappa shape index (κ3) is 1.49. The van der Waals surface area contributed by atoms with E-state index in [1.165, 1.54) is 0 Å². The van der Waals surface area contributed by atoms with Crippen molar-refractivity contribution >= 4 is 0 Å². The van der Waals surface area contributed by atoms with E-state index >= 15 is 0 Å². The number of ether oxygens (including phenoxy) is 1. The molecular weight excluding hydrogens is 116 g/mol. The topological polar surface area (TPSA) is 29.5 Å². The van der Waals surface area contributed by atoms with Crippen LogP contribution < -0.4 is 0 Å². The molecule has 0 fully saturated rings. The van der Waals surface area contributed by atoms with E-state index in [1.54, 1.807) is 19.3 Å². The Morgan fingerprint density at radius 1 is 1.67 bits per heavy atom. The summed E-state index contributed by atoms with van der Waals surface area (Å²) in [6, 6.07) is 0. The molecule has 0 aromatic carbocycles. The van der Waals surface area contributed by atoms with Crippen LogP contribution in [0.4, 0.5) is 0 Å². The van der Waals surface area contributed by atoms with Crippen LogP contribution in [-0.4, -0.2) is 12.2 Å². The minimum atomic E-state index is 0.318. The Kier molecular flexibility index (Phi) is 1.78. The highest BCUT2D eigenvalue weighted by Crippen LogP contribution is 2.14. The Bertz CT molecular complexity index is 156. The summed E-state index contributed by atoms with van der Waals surface area (Å²) in [5.41, 5.74) is 0. The van der Waals surface area contributed by atoms with E-state index in [-0.39, 0.29) is 0 Å². The highest BCUT2D eigenvalue weighted by atomic mass is 16.5. The van der Waals surface area contributed by atoms with Gasteiger partial charge >= 0.3 is 0 Å². The molecule has 1 aliphatic rings. The van der Waals surface area contributed by atoms with Gasteiger partial charge in [0.15, 0.2) is 0 Å². The Balaban J connectivity index is 2.63. The molecule has 0 heterocycles. The van der Waals surface area contributed by atoms with Crippen molar-refractivity contribution in [3.63, 3.8) is 0 Å². The maximum atomic E-state index is 8.92. The zero-order valence-electron chi connectivity index (χ0n) is 5.42. The second-order valence-corrected chi connectivity index (χ2v) is 1.98. The molecule has 0 unspecified atom stereocenters. The second kappa shape index (κ2) is 2.58. The van der Waals surface area contributed by atoms with Gasteiger partial charge in [-0.15, -0.1) is 0 Å². The molecule has 9 heavy (non-hydrogen) atoms. The van der Waals surface area contributed by atoms with Gasteiger partial charge in [0.1, 0.15) is 5.76 Å². The number of aliphatic hydroxyl groups excluding tert-OH is 1. The first kappa shape index (κ1) is 6.20. The van der Waals surface area contributed by atoms with Gasteiger partial charge in [0.05, 0.1) is 12.9 Å². The van der Waals surface area contributed by atoms with Crippen LogP contribution in [0.2, 0.25) is 0 Å². The summed E-state index contributed by atoms with van der Waals surface area (Å²) in [5.74, 6) is 1.17. The zero-order chi connectivity index (χ0) is 6.69. The molecule has 2 nitrogen and oxygen atoms in total. The third-order valence-corrected chi connectivity index (χ3v) is 1.32. The number of hydrogen-bond donors (Lipinski definition) is 1. The van der Waals surface area contributed by atoms with Gasteiger partial charge in [-0.05, 0) is 12.5 Å². The molecule has 2 heteroatoms. The Labute approximate surface area is 54.5 Å². The van der Waals surface area contributed by atoms with Crippen molar-refractivity contribution in [2.45, 2.75) is 12.8 Å². The van der Waals surface area contributed by atoms with Crippen molar-refractivity contribution in [1.29, 1.82) is 0 Å². The van der Waals surface area contributed by atoms with Crippen LogP contribution in [-0.2, 0) is 4.74 Å². The van der Waals surface area contributed by atoms with Gasteiger partial charge in [0.25, 0.3) is 0 Å². The van der Waals surface area contributed by atoms with Gasteiger partial charge in [-0.2, -0.15) is 0 Å². The summed E-state index contributed by atoms with van der Waals surface area (Å²) in [6.45, 7) is 0. The molecule has 0 aliphatic heterocycles. The van der Waals surface area contributed by atoms with Crippen LogP contribution >= 0.6 is 0 Å². The normalized spacial score (nSPS) is 18.3. The van der Waals surface area contributed by atoms with E-state index in [2.05, 4.69) is 0 Å². The molecule has 50 valence electrons. The van der Waals surface area contributed by atoms with Crippen molar-refractivity contribution in [3.8, 4) is 0 Å². The molecule has 0 saturated heterocycles. The minimum Gasteiger partial charge on any atom is -0.508 e. The number of rotatable bonds is 1. The smallest absolute Gasteiger partial charge is 0.114 e. The van der Waals surface area contributed by atoms with E-state index in [9.17, 15) is 0 Å². The van der Waals surface area contributed by atoms with Crippen molar-refractivity contribution in [1.82, 2.24) is 0 Å². The summed E-state index contributed by atoms with van der Waals surface area (Å²) in [5, 5.41) is 8.92. The lowest BCUT2D eigenvalue weighted by Gasteiger charge is -2.07. The number of aliphatic hydroxyl groups is 1. The predicted molar refractivity (Wildman–Crippen MR) is 35.0 cm³/mol. The predicted octanol–water partition coefficient (Wildman–Crippen LogP) is 1.75. The van der Waals surface area contributed by atoms with E-state index < -0.39 is 0 Å². The molecule has 0 bridgehead atoms. The summed E-state index contributed by atoms with van der Waals surface area (Å²) >= 11 is 0. The molecular formula is C7H10O2. The van der Waals surface area contributed by atoms with Crippen LogP contribution in [0.3, 0.4) is 0 Å². The van der Waals surface area contributed by atoms with Crippen LogP contribution in [0.25, 0.3) is 0 Å². The van der Waals surface area contributed by atoms with Crippen molar-refractivity contribution in [2.24, 2.45) is 0 Å². The fraction of sp³-hybridized carbons (Fsp3) is 0.429. The molecule has 1 aliphatic carbocycles. The lowest BCUT2D eigenvalue weighted by atomic mass is 10.1. The summed E-state index contributed by atoms with van der Waals surface area (Å²) in [7, 11) is 1.62. The summed E-state index contributed by atoms with van der Waals surface area (Å²) in [4.78, 5) is 0. The van der Waals surface area contributed by atoms with E-state index in [4.69, 9.17) is 9.84 Å². The van der Waals surface area contributed by atoms with Crippen molar-refractivity contribution in [3.05, 3.63) is 23.7 Å². The lowest BCUT2D eigenvalue weighted by Crippen LogP contribution is -1.93. The first-order valence-corrected chi connectivity index (χ1v) is 2.96. The van der Waals surface area contributed by atoms with Crippen molar-refractivity contribution < 1.29 is 9.84 Å². The quantitative estimate of drug-likeness (QED) is 0.580. The number of hydrogen-bond acceptors (Lipinski definition) is 2. The number of allylic oxidation sites excluding steroid dienone is 3. The first-order valence-electron chi connectivity index (χ1n) is 2.96. The van der Waals surface area contributed by atoms with Gasteiger partial charge < -0.3 is 9.84 Å². The average molecular weight is 126 g/mol. The van der Waals surface area contributed by atoms with Crippen LogP contribution in [0, 0.1) is 0 Å². The largest absolute Gasteiger partial charge is 0.508 e. The molecule has 0 aromatic rings. The van der Waals surface area contributed by atoms with Gasteiger partial charge in [-0.25, -0.2) is 0 Å². The Hall–Kier alpha value is -0.920. The SMILES string of the molecule is COC1=CC(O)=CCC1. The monoisotopic (exact) mass is 126 g/mol. The molecule has 0 aromatic heterocycles. The van der Waals surface area contributed by atoms with Gasteiger partial charge in [0.2, 0.25) is 0 Å². The summed E-state index contributed by atoms with van der Waals surface area (Å²) in [6.07, 6.45) is 5.21. The highest BCUT2D eigenvalue weighted by Gasteiger charge is 2.02. The maximum Gasteiger partial charge on any atom is 0.114 e. The first-order chi connectivity index (χ1) is 4.33. The highest BCUT2D eigenvalue weighted by molar-refractivity contribution is 5.18. The van der Waals surface area contributed by atoms with E-state index in [0.29, 0.717) is 5.76 Å². The molecule has 0 amide bonds. The van der Waals surface area contributed by atoms with Crippen LogP contribution in [0.1, 0.15) is 12.8 Å². The molecule has 1 N–H and O–H groups in total. The fourth-order valence-corrected chi connectivity index (χ4v) is 0.819. The minimum absolute atomic E-state index is 0.318. The maximum absolute atomic E-state index is 8.92. The average Bonchev–Trinajstić information content (AvgIpc) is 1.88.